The minimum Gasteiger partial charge on any atom is -0.465 e. The molecule has 1 heterocycles. The summed E-state index contributed by atoms with van der Waals surface area (Å²) < 4.78 is 5.79. The topological polar surface area (TPSA) is 26.3 Å². The van der Waals surface area contributed by atoms with Crippen molar-refractivity contribution in [3.63, 3.8) is 0 Å². The van der Waals surface area contributed by atoms with E-state index in [2.05, 4.69) is 24.6 Å². The van der Waals surface area contributed by atoms with Gasteiger partial charge in [0.15, 0.2) is 0 Å². The maximum atomic E-state index is 11.4. The fraction of sp³-hybridized carbons (Fsp3) is 0.214. The summed E-state index contributed by atoms with van der Waals surface area (Å²) in [4.78, 5) is 12.1. The highest BCUT2D eigenvalue weighted by atomic mass is 32.1. The van der Waals surface area contributed by atoms with E-state index >= 15 is 0 Å². The molecule has 2 aromatic rings. The highest BCUT2D eigenvalue weighted by Crippen LogP contribution is 2.26. The molecule has 1 aromatic heterocycles. The molecule has 0 saturated carbocycles. The highest BCUT2D eigenvalue weighted by Gasteiger charge is 2.09. The van der Waals surface area contributed by atoms with Crippen LogP contribution in [0.5, 0.6) is 0 Å². The molecule has 0 amide bonds. The third kappa shape index (κ3) is 2.81. The van der Waals surface area contributed by atoms with Crippen LogP contribution in [-0.4, -0.2) is 21.9 Å². The molecule has 91 valence electrons. The summed E-state index contributed by atoms with van der Waals surface area (Å²) in [5.74, 6) is 2.89. The Labute approximate surface area is 112 Å². The van der Waals surface area contributed by atoms with E-state index in [1.165, 1.54) is 18.4 Å². The van der Waals surface area contributed by atoms with Crippen LogP contribution in [0.1, 0.15) is 15.2 Å². The van der Waals surface area contributed by atoms with Crippen molar-refractivity contribution in [3.05, 3.63) is 34.7 Å². The van der Waals surface area contributed by atoms with Gasteiger partial charge in [-0.2, -0.15) is 0 Å². The zero-order valence-electron chi connectivity index (χ0n) is 10.5. The molecule has 0 aliphatic heterocycles. The molecule has 0 aliphatic carbocycles. The van der Waals surface area contributed by atoms with Crippen LogP contribution in [-0.2, 0) is 4.74 Å². The molecule has 18 heavy (non-hydrogen) atoms. The lowest BCUT2D eigenvalue weighted by molar-refractivity contribution is 0.0606. The number of ether oxygens (including phenoxy) is 1. The van der Waals surface area contributed by atoms with E-state index in [0.717, 1.165) is 15.6 Å². The van der Waals surface area contributed by atoms with Gasteiger partial charge in [-0.25, -0.2) is 4.79 Å². The lowest BCUT2D eigenvalue weighted by Gasteiger charge is -1.91. The fourth-order valence-electron chi connectivity index (χ4n) is 1.51. The van der Waals surface area contributed by atoms with Gasteiger partial charge in [0.2, 0.25) is 0 Å². The first-order valence-electron chi connectivity index (χ1n) is 5.54. The molecule has 1 aromatic carbocycles. The summed E-state index contributed by atoms with van der Waals surface area (Å²) in [6.07, 6.45) is 0. The Morgan fingerprint density at radius 1 is 1.33 bits per heavy atom. The molecule has 0 N–H and O–H groups in total. The molecule has 1 radical (unpaired) electrons. The second-order valence-corrected chi connectivity index (χ2v) is 7.44. The molecule has 4 heteroatoms. The van der Waals surface area contributed by atoms with Crippen LogP contribution in [0.2, 0.25) is 13.1 Å². The van der Waals surface area contributed by atoms with E-state index in [-0.39, 0.29) is 5.97 Å². The number of hydrogen-bond donors (Lipinski definition) is 0. The van der Waals surface area contributed by atoms with Crippen molar-refractivity contribution >= 4 is 36.2 Å². The van der Waals surface area contributed by atoms with Crippen molar-refractivity contribution in [1.82, 2.24) is 0 Å². The lowest BCUT2D eigenvalue weighted by Crippen LogP contribution is -1.96. The first-order chi connectivity index (χ1) is 8.60. The monoisotopic (exact) mass is 273 g/mol. The Balaban J connectivity index is 2.40. The maximum Gasteiger partial charge on any atom is 0.348 e. The van der Waals surface area contributed by atoms with Gasteiger partial charge in [-0.3, -0.25) is 0 Å². The molecule has 2 rings (SSSR count). The van der Waals surface area contributed by atoms with Gasteiger partial charge in [-0.05, 0) is 23.6 Å². The van der Waals surface area contributed by atoms with Crippen molar-refractivity contribution in [2.75, 3.05) is 7.11 Å². The van der Waals surface area contributed by atoms with Crippen LogP contribution >= 0.6 is 11.3 Å². The van der Waals surface area contributed by atoms with Gasteiger partial charge in [-0.1, -0.05) is 25.1 Å². The van der Waals surface area contributed by atoms with Crippen molar-refractivity contribution in [1.29, 1.82) is 0 Å². The first kappa shape index (κ1) is 12.9. The van der Waals surface area contributed by atoms with E-state index in [9.17, 15) is 4.79 Å². The zero-order chi connectivity index (χ0) is 13.1. The predicted octanol–water partition coefficient (Wildman–Crippen LogP) is 3.33. The van der Waals surface area contributed by atoms with Crippen molar-refractivity contribution in [2.45, 2.75) is 13.1 Å². The van der Waals surface area contributed by atoms with E-state index in [1.807, 2.05) is 24.3 Å². The molecule has 2 nitrogen and oxygen atoms in total. The number of rotatable bonds is 1. The van der Waals surface area contributed by atoms with Crippen molar-refractivity contribution < 1.29 is 9.53 Å². The number of methoxy groups -OCH3 is 1. The summed E-state index contributed by atoms with van der Waals surface area (Å²) in [6, 6.07) is 7.89. The average molecular weight is 273 g/mol. The standard InChI is InChI=1S/C14H13O2SSi/c1-16-14(15)13-9-11-5-4-10(6-7-18(2)3)8-12(11)17-13/h4-5,8-9H,1-3H3. The SMILES string of the molecule is COC(=O)c1cc2ccc(C#C[Si](C)C)cc2s1. The smallest absolute Gasteiger partial charge is 0.348 e. The first-order valence-corrected chi connectivity index (χ1v) is 8.86. The van der Waals surface area contributed by atoms with Crippen LogP contribution in [0, 0.1) is 11.5 Å². The summed E-state index contributed by atoms with van der Waals surface area (Å²) in [6.45, 7) is 4.33. The summed E-state index contributed by atoms with van der Waals surface area (Å²) in [5.41, 5.74) is 4.24. The Bertz CT molecular complexity index is 647. The molecular weight excluding hydrogens is 260 g/mol. The maximum absolute atomic E-state index is 11.4. The molecule has 0 atom stereocenters. The van der Waals surface area contributed by atoms with Crippen LogP contribution in [0.15, 0.2) is 24.3 Å². The Morgan fingerprint density at radius 3 is 2.78 bits per heavy atom. The molecular formula is C14H13O2SSi. The quantitative estimate of drug-likeness (QED) is 0.452. The van der Waals surface area contributed by atoms with Crippen LogP contribution in [0.3, 0.4) is 0 Å². The molecule has 0 spiro atoms. The number of hydrogen-bond acceptors (Lipinski definition) is 3. The third-order valence-electron chi connectivity index (χ3n) is 2.36. The number of fused-ring (bicyclic) bond motifs is 1. The largest absolute Gasteiger partial charge is 0.465 e. The summed E-state index contributed by atoms with van der Waals surface area (Å²) in [5, 5.41) is 1.06. The predicted molar refractivity (Wildman–Crippen MR) is 77.5 cm³/mol. The zero-order valence-corrected chi connectivity index (χ0v) is 12.4. The van der Waals surface area contributed by atoms with Crippen LogP contribution < -0.4 is 0 Å². The average Bonchev–Trinajstić information content (AvgIpc) is 2.78. The number of thiophene rings is 1. The minimum atomic E-state index is -0.529. The van der Waals surface area contributed by atoms with Crippen molar-refractivity contribution in [3.8, 4) is 11.5 Å². The second kappa shape index (κ2) is 5.38. The minimum absolute atomic E-state index is 0.281. The fourth-order valence-corrected chi connectivity index (χ4v) is 2.92. The van der Waals surface area contributed by atoms with Gasteiger partial charge in [0.1, 0.15) is 13.7 Å². The van der Waals surface area contributed by atoms with Gasteiger partial charge in [-0.15, -0.1) is 16.9 Å². The van der Waals surface area contributed by atoms with E-state index in [0.29, 0.717) is 4.88 Å². The number of esters is 1. The van der Waals surface area contributed by atoms with Crippen LogP contribution in [0.25, 0.3) is 10.1 Å². The lowest BCUT2D eigenvalue weighted by atomic mass is 10.2. The van der Waals surface area contributed by atoms with E-state index < -0.39 is 8.80 Å². The molecule has 0 fully saturated rings. The molecule has 0 bridgehead atoms. The van der Waals surface area contributed by atoms with Gasteiger partial charge in [0, 0.05) is 10.3 Å². The van der Waals surface area contributed by atoms with E-state index in [4.69, 9.17) is 4.74 Å². The van der Waals surface area contributed by atoms with Crippen LogP contribution in [0.4, 0.5) is 0 Å². The number of carbonyl (C=O) groups excluding carboxylic acids is 1. The Morgan fingerprint density at radius 2 is 2.11 bits per heavy atom. The van der Waals surface area contributed by atoms with Gasteiger partial charge >= 0.3 is 5.97 Å². The molecule has 0 aliphatic rings. The summed E-state index contributed by atoms with van der Waals surface area (Å²) >= 11 is 1.44. The van der Waals surface area contributed by atoms with E-state index in [1.54, 1.807) is 0 Å². The van der Waals surface area contributed by atoms with Gasteiger partial charge < -0.3 is 4.74 Å². The highest BCUT2D eigenvalue weighted by molar-refractivity contribution is 7.20. The molecule has 0 unspecified atom stereocenters. The second-order valence-electron chi connectivity index (χ2n) is 4.10. The van der Waals surface area contributed by atoms with Gasteiger partial charge in [0.05, 0.1) is 7.11 Å². The third-order valence-corrected chi connectivity index (χ3v) is 4.07. The molecule has 0 saturated heterocycles. The van der Waals surface area contributed by atoms with Crippen molar-refractivity contribution in [2.24, 2.45) is 0 Å². The Hall–Kier alpha value is -1.57. The number of benzene rings is 1. The van der Waals surface area contributed by atoms with Gasteiger partial charge in [0.25, 0.3) is 0 Å². The Kier molecular flexibility index (Phi) is 3.85. The normalized spacial score (nSPS) is 10.2. The summed E-state index contributed by atoms with van der Waals surface area (Å²) in [7, 11) is 0.870. The number of carbonyl (C=O) groups is 1.